The molecule has 0 spiro atoms. The van der Waals surface area contributed by atoms with Crippen molar-refractivity contribution in [1.29, 1.82) is 0 Å². The van der Waals surface area contributed by atoms with Crippen LogP contribution in [0.4, 0.5) is 0 Å². The van der Waals surface area contributed by atoms with Gasteiger partial charge in [0, 0.05) is 18.2 Å². The first-order chi connectivity index (χ1) is 8.86. The quantitative estimate of drug-likeness (QED) is 0.848. The standard InChI is InChI=1S/C15H20N2O/c1-3-16-15(11-18-4-2)13-9-10-17-14-8-6-5-7-12(13)14/h5-10,15-16H,3-4,11H2,1-2H3. The number of hydrogen-bond donors (Lipinski definition) is 1. The van der Waals surface area contributed by atoms with E-state index in [0.29, 0.717) is 6.61 Å². The number of likely N-dealkylation sites (N-methyl/N-ethyl adjacent to an activating group) is 1. The predicted octanol–water partition coefficient (Wildman–Crippen LogP) is 2.92. The van der Waals surface area contributed by atoms with Crippen molar-refractivity contribution in [2.24, 2.45) is 0 Å². The van der Waals surface area contributed by atoms with Crippen LogP contribution in [0.15, 0.2) is 36.5 Å². The Kier molecular flexibility index (Phi) is 4.67. The van der Waals surface area contributed by atoms with Crippen molar-refractivity contribution in [2.45, 2.75) is 19.9 Å². The fourth-order valence-electron chi connectivity index (χ4n) is 2.16. The summed E-state index contributed by atoms with van der Waals surface area (Å²) >= 11 is 0. The smallest absolute Gasteiger partial charge is 0.0705 e. The average molecular weight is 244 g/mol. The lowest BCUT2D eigenvalue weighted by molar-refractivity contribution is 0.124. The molecule has 0 amide bonds. The van der Waals surface area contributed by atoms with Gasteiger partial charge in [0.15, 0.2) is 0 Å². The highest BCUT2D eigenvalue weighted by Crippen LogP contribution is 2.22. The molecular weight excluding hydrogens is 224 g/mol. The zero-order chi connectivity index (χ0) is 12.8. The molecule has 1 aromatic carbocycles. The average Bonchev–Trinajstić information content (AvgIpc) is 2.43. The maximum atomic E-state index is 5.57. The zero-order valence-corrected chi connectivity index (χ0v) is 11.0. The Balaban J connectivity index is 2.36. The fourth-order valence-corrected chi connectivity index (χ4v) is 2.16. The lowest BCUT2D eigenvalue weighted by Crippen LogP contribution is -2.25. The van der Waals surface area contributed by atoms with Gasteiger partial charge in [-0.1, -0.05) is 25.1 Å². The second kappa shape index (κ2) is 6.47. The van der Waals surface area contributed by atoms with E-state index in [1.54, 1.807) is 0 Å². The molecule has 96 valence electrons. The van der Waals surface area contributed by atoms with Gasteiger partial charge < -0.3 is 10.1 Å². The summed E-state index contributed by atoms with van der Waals surface area (Å²) in [6, 6.07) is 10.5. The van der Waals surface area contributed by atoms with Gasteiger partial charge in [-0.15, -0.1) is 0 Å². The van der Waals surface area contributed by atoms with Gasteiger partial charge in [0.2, 0.25) is 0 Å². The minimum absolute atomic E-state index is 0.225. The number of hydrogen-bond acceptors (Lipinski definition) is 3. The first-order valence-electron chi connectivity index (χ1n) is 6.51. The maximum absolute atomic E-state index is 5.57. The molecule has 0 aliphatic rings. The number of ether oxygens (including phenoxy) is 1. The van der Waals surface area contributed by atoms with Gasteiger partial charge in [-0.2, -0.15) is 0 Å². The van der Waals surface area contributed by atoms with Crippen LogP contribution in [0.1, 0.15) is 25.5 Å². The molecule has 0 bridgehead atoms. The summed E-state index contributed by atoms with van der Waals surface area (Å²) in [6.07, 6.45) is 1.87. The van der Waals surface area contributed by atoms with Gasteiger partial charge in [0.05, 0.1) is 18.2 Å². The summed E-state index contributed by atoms with van der Waals surface area (Å²) in [5.74, 6) is 0. The van der Waals surface area contributed by atoms with E-state index in [1.165, 1.54) is 10.9 Å². The van der Waals surface area contributed by atoms with Crippen molar-refractivity contribution in [3.8, 4) is 0 Å². The third-order valence-corrected chi connectivity index (χ3v) is 3.00. The van der Waals surface area contributed by atoms with E-state index in [0.717, 1.165) is 18.7 Å². The first kappa shape index (κ1) is 13.0. The van der Waals surface area contributed by atoms with E-state index >= 15 is 0 Å². The number of para-hydroxylation sites is 1. The van der Waals surface area contributed by atoms with Gasteiger partial charge in [-0.3, -0.25) is 4.98 Å². The normalized spacial score (nSPS) is 12.8. The molecule has 0 saturated carbocycles. The number of rotatable bonds is 6. The van der Waals surface area contributed by atoms with E-state index in [9.17, 15) is 0 Å². The zero-order valence-electron chi connectivity index (χ0n) is 11.0. The van der Waals surface area contributed by atoms with Gasteiger partial charge >= 0.3 is 0 Å². The van der Waals surface area contributed by atoms with Crippen molar-refractivity contribution in [3.63, 3.8) is 0 Å². The van der Waals surface area contributed by atoms with Gasteiger partial charge in [0.1, 0.15) is 0 Å². The van der Waals surface area contributed by atoms with Crippen LogP contribution in [0, 0.1) is 0 Å². The number of benzene rings is 1. The second-order valence-corrected chi connectivity index (χ2v) is 4.19. The van der Waals surface area contributed by atoms with Crippen molar-refractivity contribution in [3.05, 3.63) is 42.1 Å². The van der Waals surface area contributed by atoms with Crippen LogP contribution in [0.25, 0.3) is 10.9 Å². The molecule has 1 atom stereocenters. The Morgan fingerprint density at radius 1 is 1.22 bits per heavy atom. The monoisotopic (exact) mass is 244 g/mol. The third-order valence-electron chi connectivity index (χ3n) is 3.00. The van der Waals surface area contributed by atoms with E-state index in [1.807, 2.05) is 25.3 Å². The maximum Gasteiger partial charge on any atom is 0.0705 e. The van der Waals surface area contributed by atoms with E-state index < -0.39 is 0 Å². The van der Waals surface area contributed by atoms with Gasteiger partial charge in [-0.25, -0.2) is 0 Å². The highest BCUT2D eigenvalue weighted by molar-refractivity contribution is 5.82. The lowest BCUT2D eigenvalue weighted by atomic mass is 10.0. The summed E-state index contributed by atoms with van der Waals surface area (Å²) < 4.78 is 5.57. The molecule has 0 fully saturated rings. The molecule has 0 aliphatic heterocycles. The summed E-state index contributed by atoms with van der Waals surface area (Å²) in [7, 11) is 0. The van der Waals surface area contributed by atoms with Crippen molar-refractivity contribution in [1.82, 2.24) is 10.3 Å². The predicted molar refractivity (Wildman–Crippen MR) is 74.7 cm³/mol. The van der Waals surface area contributed by atoms with E-state index in [-0.39, 0.29) is 6.04 Å². The molecule has 0 saturated heterocycles. The number of fused-ring (bicyclic) bond motifs is 1. The topological polar surface area (TPSA) is 34.1 Å². The number of nitrogens with zero attached hydrogens (tertiary/aromatic N) is 1. The van der Waals surface area contributed by atoms with Crippen LogP contribution in [-0.2, 0) is 4.74 Å². The molecule has 3 nitrogen and oxygen atoms in total. The molecule has 0 radical (unpaired) electrons. The summed E-state index contributed by atoms with van der Waals surface area (Å²) in [6.45, 7) is 6.49. The summed E-state index contributed by atoms with van der Waals surface area (Å²) in [5, 5.41) is 4.67. The molecule has 2 aromatic rings. The fraction of sp³-hybridized carbons (Fsp3) is 0.400. The molecule has 1 N–H and O–H groups in total. The van der Waals surface area contributed by atoms with Crippen LogP contribution in [0.3, 0.4) is 0 Å². The van der Waals surface area contributed by atoms with E-state index in [2.05, 4.69) is 35.4 Å². The summed E-state index contributed by atoms with van der Waals surface area (Å²) in [5.41, 5.74) is 2.30. The molecule has 18 heavy (non-hydrogen) atoms. The Morgan fingerprint density at radius 3 is 2.83 bits per heavy atom. The summed E-state index contributed by atoms with van der Waals surface area (Å²) in [4.78, 5) is 4.40. The Labute approximate surface area is 108 Å². The molecule has 1 heterocycles. The Bertz CT molecular complexity index is 493. The minimum atomic E-state index is 0.225. The Hall–Kier alpha value is -1.45. The minimum Gasteiger partial charge on any atom is -0.380 e. The van der Waals surface area contributed by atoms with Crippen molar-refractivity contribution < 1.29 is 4.74 Å². The molecule has 0 aliphatic carbocycles. The van der Waals surface area contributed by atoms with Crippen LogP contribution < -0.4 is 5.32 Å². The van der Waals surface area contributed by atoms with Crippen LogP contribution in [0.5, 0.6) is 0 Å². The first-order valence-corrected chi connectivity index (χ1v) is 6.51. The van der Waals surface area contributed by atoms with Crippen LogP contribution >= 0.6 is 0 Å². The van der Waals surface area contributed by atoms with Gasteiger partial charge in [-0.05, 0) is 31.2 Å². The van der Waals surface area contributed by atoms with Crippen molar-refractivity contribution in [2.75, 3.05) is 19.8 Å². The molecular formula is C15H20N2O. The molecule has 1 aromatic heterocycles. The highest BCUT2D eigenvalue weighted by Gasteiger charge is 2.13. The Morgan fingerprint density at radius 2 is 2.06 bits per heavy atom. The van der Waals surface area contributed by atoms with Gasteiger partial charge in [0.25, 0.3) is 0 Å². The number of pyridine rings is 1. The van der Waals surface area contributed by atoms with Crippen LogP contribution in [-0.4, -0.2) is 24.7 Å². The van der Waals surface area contributed by atoms with Crippen LogP contribution in [0.2, 0.25) is 0 Å². The number of nitrogens with one attached hydrogen (secondary N) is 1. The largest absolute Gasteiger partial charge is 0.380 e. The molecule has 2 rings (SSSR count). The van der Waals surface area contributed by atoms with Crippen molar-refractivity contribution >= 4 is 10.9 Å². The second-order valence-electron chi connectivity index (χ2n) is 4.19. The third kappa shape index (κ3) is 2.86. The molecule has 3 heteroatoms. The highest BCUT2D eigenvalue weighted by atomic mass is 16.5. The SMILES string of the molecule is CCNC(COCC)c1ccnc2ccccc12. The lowest BCUT2D eigenvalue weighted by Gasteiger charge is -2.19. The molecule has 1 unspecified atom stereocenters. The van der Waals surface area contributed by atoms with E-state index in [4.69, 9.17) is 4.74 Å². The number of aromatic nitrogens is 1.